The second-order valence-corrected chi connectivity index (χ2v) is 14.7. The van der Waals surface area contributed by atoms with Crippen molar-refractivity contribution in [2.45, 2.75) is 182 Å². The Kier molecular flexibility index (Phi) is 21.4. The largest absolute Gasteiger partial charge is 0.159 e. The van der Waals surface area contributed by atoms with Crippen LogP contribution < -0.4 is 0 Å². The van der Waals surface area contributed by atoms with Crippen molar-refractivity contribution in [1.82, 2.24) is 0 Å². The highest BCUT2D eigenvalue weighted by molar-refractivity contribution is 5.73. The summed E-state index contributed by atoms with van der Waals surface area (Å²) in [5, 5.41) is 9.51. The maximum absolute atomic E-state index is 4.84. The van der Waals surface area contributed by atoms with Crippen LogP contribution in [0.4, 0.5) is 5.69 Å². The van der Waals surface area contributed by atoms with E-state index in [0.29, 0.717) is 0 Å². The van der Waals surface area contributed by atoms with Crippen molar-refractivity contribution in [1.29, 1.82) is 0 Å². The lowest BCUT2D eigenvalue weighted by Gasteiger charge is -2.17. The quantitative estimate of drug-likeness (QED) is 0.0567. The first kappa shape index (κ1) is 41.4. The maximum atomic E-state index is 4.84. The second kappa shape index (κ2) is 25.9. The molecule has 0 atom stereocenters. The molecule has 0 saturated heterocycles. The minimum Gasteiger partial charge on any atom is -0.159 e. The normalized spacial score (nSPS) is 11.8. The van der Waals surface area contributed by atoms with Gasteiger partial charge in [0.05, 0.1) is 11.9 Å². The Hall–Kier alpha value is -3.00. The number of benzene rings is 3. The first-order valence-corrected chi connectivity index (χ1v) is 21.1. The summed E-state index contributed by atoms with van der Waals surface area (Å²) >= 11 is 0. The molecule has 50 heavy (non-hydrogen) atoms. The smallest absolute Gasteiger partial charge is 0.0862 e. The molecule has 0 aromatic heterocycles. The molecule has 0 bridgehead atoms. The van der Waals surface area contributed by atoms with Crippen LogP contribution in [0.2, 0.25) is 0 Å². The van der Waals surface area contributed by atoms with E-state index in [1.807, 2.05) is 6.20 Å². The van der Waals surface area contributed by atoms with Crippen molar-refractivity contribution in [3.8, 4) is 11.1 Å². The summed E-state index contributed by atoms with van der Waals surface area (Å²) in [6.45, 7) is 11.5. The molecule has 0 amide bonds. The van der Waals surface area contributed by atoms with Crippen molar-refractivity contribution in [3.63, 3.8) is 0 Å². The van der Waals surface area contributed by atoms with Crippen LogP contribution >= 0.6 is 0 Å². The molecule has 3 rings (SSSR count). The third kappa shape index (κ3) is 15.1. The third-order valence-corrected chi connectivity index (χ3v) is 10.3. The van der Waals surface area contributed by atoms with Crippen LogP contribution in [0.15, 0.2) is 71.0 Å². The number of hydrogen-bond donors (Lipinski definition) is 0. The fourth-order valence-electron chi connectivity index (χ4n) is 7.34. The van der Waals surface area contributed by atoms with Crippen molar-refractivity contribution >= 4 is 11.8 Å². The second-order valence-electron chi connectivity index (χ2n) is 14.7. The van der Waals surface area contributed by atoms with E-state index in [1.54, 1.807) is 5.56 Å². The summed E-state index contributed by atoms with van der Waals surface area (Å²) in [4.78, 5) is 0. The van der Waals surface area contributed by atoms with Gasteiger partial charge < -0.3 is 0 Å². The lowest BCUT2D eigenvalue weighted by molar-refractivity contribution is 0.597. The number of aryl methyl sites for hydroxylation is 3. The molecule has 3 aromatic carbocycles. The average Bonchev–Trinajstić information content (AvgIpc) is 3.14. The van der Waals surface area contributed by atoms with Crippen molar-refractivity contribution < 1.29 is 0 Å². The minimum absolute atomic E-state index is 1.02. The van der Waals surface area contributed by atoms with Gasteiger partial charge in [0.15, 0.2) is 0 Å². The van der Waals surface area contributed by atoms with Gasteiger partial charge in [0, 0.05) is 0 Å². The number of rotatable bonds is 27. The monoisotopic (exact) mass is 677 g/mol. The van der Waals surface area contributed by atoms with Crippen molar-refractivity contribution in [2.75, 3.05) is 0 Å². The molecule has 0 spiro atoms. The zero-order chi connectivity index (χ0) is 35.7. The molecule has 0 aliphatic carbocycles. The summed E-state index contributed by atoms with van der Waals surface area (Å²) < 4.78 is 0. The Labute approximate surface area is 308 Å². The van der Waals surface area contributed by atoms with E-state index in [1.165, 1.54) is 167 Å². The van der Waals surface area contributed by atoms with E-state index in [4.69, 9.17) is 5.11 Å². The Morgan fingerprint density at radius 2 is 0.940 bits per heavy atom. The van der Waals surface area contributed by atoms with E-state index in [0.717, 1.165) is 24.9 Å². The molecular weight excluding hydrogens is 605 g/mol. The number of unbranched alkanes of at least 4 members (excludes halogenated alkanes) is 13. The van der Waals surface area contributed by atoms with Gasteiger partial charge in [-0.05, 0) is 133 Å². The molecule has 0 heterocycles. The van der Waals surface area contributed by atoms with E-state index < -0.39 is 0 Å². The van der Waals surface area contributed by atoms with Gasteiger partial charge in [-0.1, -0.05) is 154 Å². The van der Waals surface area contributed by atoms with Crippen molar-refractivity contribution in [3.05, 3.63) is 94.2 Å². The summed E-state index contributed by atoms with van der Waals surface area (Å²) in [5.74, 6) is 0. The predicted molar refractivity (Wildman–Crippen MR) is 222 cm³/mol. The molecule has 0 unspecified atom stereocenters. The third-order valence-electron chi connectivity index (χ3n) is 10.3. The first-order valence-electron chi connectivity index (χ1n) is 21.1. The van der Waals surface area contributed by atoms with Crippen LogP contribution in [0.5, 0.6) is 0 Å². The van der Waals surface area contributed by atoms with Crippen LogP contribution in [-0.2, 0) is 32.1 Å². The van der Waals surface area contributed by atoms with Gasteiger partial charge in [-0.15, -0.1) is 0 Å². The Morgan fingerprint density at radius 3 is 1.54 bits per heavy atom. The fourth-order valence-corrected chi connectivity index (χ4v) is 7.34. The van der Waals surface area contributed by atoms with Gasteiger partial charge in [-0.25, -0.2) is 0 Å². The van der Waals surface area contributed by atoms with Crippen LogP contribution in [0, 0.1) is 0 Å². The van der Waals surface area contributed by atoms with Gasteiger partial charge in [0.2, 0.25) is 0 Å². The van der Waals surface area contributed by atoms with Gasteiger partial charge in [-0.3, -0.25) is 0 Å². The molecule has 0 N–H and O–H groups in total. The standard InChI is InChI=1S/C48H72N2/c1-6-11-16-18-20-23-31-44-39-45(38-43(28-14-9-4)46(44)33-26-21-19-17-12-7-2)50-49-35-34-40-36-42(27-13-8-3)47(32-15-10-5)48(37-40)41-29-24-22-25-30-41/h22,24-25,29-30,34-39H,6-21,23,26-28,31-33H2,1-5H3. The molecule has 274 valence electrons. The molecule has 3 aromatic rings. The highest BCUT2D eigenvalue weighted by Gasteiger charge is 2.13. The topological polar surface area (TPSA) is 24.7 Å². The zero-order valence-corrected chi connectivity index (χ0v) is 33.0. The van der Waals surface area contributed by atoms with E-state index in [9.17, 15) is 0 Å². The molecule has 0 fully saturated rings. The van der Waals surface area contributed by atoms with E-state index in [2.05, 4.69) is 100 Å². The summed E-state index contributed by atoms with van der Waals surface area (Å²) in [5.41, 5.74) is 12.7. The lowest BCUT2D eigenvalue weighted by Crippen LogP contribution is -2.02. The Morgan fingerprint density at radius 1 is 0.460 bits per heavy atom. The van der Waals surface area contributed by atoms with E-state index in [-0.39, 0.29) is 0 Å². The summed E-state index contributed by atoms with van der Waals surface area (Å²) in [6.07, 6.45) is 33.3. The van der Waals surface area contributed by atoms with Gasteiger partial charge in [-0.2, -0.15) is 10.2 Å². The zero-order valence-electron chi connectivity index (χ0n) is 33.0. The molecule has 2 heteroatoms. The summed E-state index contributed by atoms with van der Waals surface area (Å²) in [6, 6.07) is 20.5. The fraction of sp³-hybridized carbons (Fsp3) is 0.583. The lowest BCUT2D eigenvalue weighted by atomic mass is 9.88. The number of azo groups is 1. The minimum atomic E-state index is 1.02. The molecule has 0 saturated carbocycles. The van der Waals surface area contributed by atoms with E-state index >= 15 is 0 Å². The number of nitrogens with zero attached hydrogens (tertiary/aromatic N) is 2. The molecule has 0 aliphatic rings. The van der Waals surface area contributed by atoms with Gasteiger partial charge in [0.25, 0.3) is 0 Å². The molecule has 0 radical (unpaired) electrons. The Balaban J connectivity index is 1.89. The van der Waals surface area contributed by atoms with Crippen LogP contribution in [0.3, 0.4) is 0 Å². The number of hydrogen-bond acceptors (Lipinski definition) is 2. The van der Waals surface area contributed by atoms with Crippen LogP contribution in [0.25, 0.3) is 17.2 Å². The first-order chi connectivity index (χ1) is 24.6. The van der Waals surface area contributed by atoms with Crippen LogP contribution in [0.1, 0.15) is 184 Å². The van der Waals surface area contributed by atoms with Gasteiger partial charge in [0.1, 0.15) is 0 Å². The molecule has 0 aliphatic heterocycles. The molecule has 2 nitrogen and oxygen atoms in total. The highest BCUT2D eigenvalue weighted by atomic mass is 15.1. The Bertz CT molecular complexity index is 1380. The highest BCUT2D eigenvalue weighted by Crippen LogP contribution is 2.32. The van der Waals surface area contributed by atoms with Crippen LogP contribution in [-0.4, -0.2) is 0 Å². The predicted octanol–water partition coefficient (Wildman–Crippen LogP) is 15.9. The molecular formula is C48H72N2. The SMILES string of the molecule is CCCCCCCCc1cc(N=NC=Cc2cc(CCCC)c(CCCC)c(-c3ccccc3)c2)cc(CCCC)c1CCCCCCCC. The average molecular weight is 677 g/mol. The summed E-state index contributed by atoms with van der Waals surface area (Å²) in [7, 11) is 0. The van der Waals surface area contributed by atoms with Gasteiger partial charge >= 0.3 is 0 Å². The maximum Gasteiger partial charge on any atom is 0.0862 e. The van der Waals surface area contributed by atoms with Crippen molar-refractivity contribution in [2.24, 2.45) is 10.2 Å².